The van der Waals surface area contributed by atoms with Crippen LogP contribution in [-0.2, 0) is 6.42 Å². The van der Waals surface area contributed by atoms with Crippen LogP contribution in [0.25, 0.3) is 21.5 Å². The number of unbranched alkanes of at least 4 members (excludes halogenated alkanes) is 1. The lowest BCUT2D eigenvalue weighted by Gasteiger charge is -2.46. The molecule has 9 rings (SSSR count). The maximum atomic E-state index is 2.59. The standard InChI is InChI=1S/C46H41BN2/c1-6-7-12-33-18-20-37(21-19-33)48-41-26-34-13-8-9-14-35(34)27-42(41)49-40-22-17-29(2)25-39(40)47(44-31(4)23-30(3)24-32(44)5)45-38-16-11-10-15-36(38)28-43(48)46(45)49/h8-11,13-28H,6-7,12H2,1-5H3. The second kappa shape index (κ2) is 11.4. The Balaban J connectivity index is 1.43. The second-order valence-corrected chi connectivity index (χ2v) is 14.3. The van der Waals surface area contributed by atoms with Gasteiger partial charge < -0.3 is 9.80 Å². The summed E-state index contributed by atoms with van der Waals surface area (Å²) in [6, 6.07) is 46.3. The van der Waals surface area contributed by atoms with E-state index in [2.05, 4.69) is 166 Å². The third-order valence-corrected chi connectivity index (χ3v) is 10.9. The molecule has 0 bridgehead atoms. The average molecular weight is 633 g/mol. The molecule has 0 saturated carbocycles. The summed E-state index contributed by atoms with van der Waals surface area (Å²) in [6.45, 7) is 11.4. The lowest BCUT2D eigenvalue weighted by Crippen LogP contribution is -2.59. The molecule has 0 aromatic heterocycles. The van der Waals surface area contributed by atoms with Crippen molar-refractivity contribution in [2.75, 3.05) is 9.80 Å². The molecule has 0 aliphatic carbocycles. The molecule has 2 nitrogen and oxygen atoms in total. The Morgan fingerprint density at radius 2 is 1.16 bits per heavy atom. The summed E-state index contributed by atoms with van der Waals surface area (Å²) in [4.78, 5) is 5.13. The smallest absolute Gasteiger partial charge is 0.248 e. The maximum absolute atomic E-state index is 2.59. The molecule has 0 fully saturated rings. The molecular weight excluding hydrogens is 591 g/mol. The van der Waals surface area contributed by atoms with Crippen molar-refractivity contribution < 1.29 is 0 Å². The summed E-state index contributed by atoms with van der Waals surface area (Å²) >= 11 is 0. The van der Waals surface area contributed by atoms with E-state index >= 15 is 0 Å². The van der Waals surface area contributed by atoms with Crippen LogP contribution in [0, 0.1) is 27.7 Å². The summed E-state index contributed by atoms with van der Waals surface area (Å²) in [6.07, 6.45) is 3.53. The molecule has 0 amide bonds. The summed E-state index contributed by atoms with van der Waals surface area (Å²) < 4.78 is 0. The van der Waals surface area contributed by atoms with Crippen molar-refractivity contribution in [3.8, 4) is 0 Å². The number of nitrogens with zero attached hydrogens (tertiary/aromatic N) is 2. The molecule has 2 aliphatic rings. The van der Waals surface area contributed by atoms with E-state index in [1.165, 1.54) is 113 Å². The molecule has 2 aliphatic heterocycles. The van der Waals surface area contributed by atoms with Gasteiger partial charge in [0.1, 0.15) is 0 Å². The molecule has 7 aromatic rings. The van der Waals surface area contributed by atoms with Crippen LogP contribution in [0.5, 0.6) is 0 Å². The second-order valence-electron chi connectivity index (χ2n) is 14.3. The van der Waals surface area contributed by atoms with Gasteiger partial charge in [-0.1, -0.05) is 126 Å². The molecule has 238 valence electrons. The fourth-order valence-corrected chi connectivity index (χ4v) is 8.80. The SMILES string of the molecule is CCCCc1ccc(N2c3cc4ccccc4cc3N3c4ccc(C)cc4B(c4c(C)cc(C)cc4C)c4c3c2cc2ccccc42)cc1. The first-order valence-electron chi connectivity index (χ1n) is 17.9. The van der Waals surface area contributed by atoms with Gasteiger partial charge in [-0.25, -0.2) is 0 Å². The van der Waals surface area contributed by atoms with E-state index in [9.17, 15) is 0 Å². The Morgan fingerprint density at radius 1 is 0.531 bits per heavy atom. The number of benzene rings is 7. The molecular formula is C46H41BN2. The Bertz CT molecular complexity index is 2420. The highest BCUT2D eigenvalue weighted by molar-refractivity contribution is 7.00. The Kier molecular flexibility index (Phi) is 6.95. The van der Waals surface area contributed by atoms with E-state index in [0.29, 0.717) is 0 Å². The number of aryl methyl sites for hydroxylation is 5. The van der Waals surface area contributed by atoms with Gasteiger partial charge in [-0.2, -0.15) is 0 Å². The fraction of sp³-hybridized carbons (Fsp3) is 0.174. The molecule has 0 N–H and O–H groups in total. The van der Waals surface area contributed by atoms with Crippen molar-refractivity contribution in [3.05, 3.63) is 149 Å². The topological polar surface area (TPSA) is 6.48 Å². The van der Waals surface area contributed by atoms with Crippen molar-refractivity contribution in [3.63, 3.8) is 0 Å². The zero-order valence-corrected chi connectivity index (χ0v) is 29.1. The number of rotatable bonds is 5. The molecule has 49 heavy (non-hydrogen) atoms. The third kappa shape index (κ3) is 4.63. The van der Waals surface area contributed by atoms with Crippen molar-refractivity contribution in [2.45, 2.75) is 53.9 Å². The fourth-order valence-electron chi connectivity index (χ4n) is 8.80. The summed E-state index contributed by atoms with van der Waals surface area (Å²) in [7, 11) is 0. The maximum Gasteiger partial charge on any atom is 0.248 e. The molecule has 0 spiro atoms. The lowest BCUT2D eigenvalue weighted by molar-refractivity contribution is 0.795. The molecule has 2 heterocycles. The zero-order chi connectivity index (χ0) is 33.4. The Labute approximate surface area is 290 Å². The molecule has 3 heteroatoms. The van der Waals surface area contributed by atoms with E-state index < -0.39 is 0 Å². The minimum Gasteiger partial charge on any atom is -0.307 e. The van der Waals surface area contributed by atoms with Crippen LogP contribution in [-0.4, -0.2) is 6.71 Å². The third-order valence-electron chi connectivity index (χ3n) is 10.9. The van der Waals surface area contributed by atoms with Crippen LogP contribution in [0.3, 0.4) is 0 Å². The van der Waals surface area contributed by atoms with Crippen LogP contribution >= 0.6 is 0 Å². The van der Waals surface area contributed by atoms with Gasteiger partial charge in [0.05, 0.1) is 22.7 Å². The van der Waals surface area contributed by atoms with Crippen LogP contribution in [0.2, 0.25) is 0 Å². The van der Waals surface area contributed by atoms with Gasteiger partial charge in [0, 0.05) is 11.4 Å². The normalized spacial score (nSPS) is 13.1. The predicted molar refractivity (Wildman–Crippen MR) is 213 cm³/mol. The van der Waals surface area contributed by atoms with E-state index in [0.717, 1.165) is 6.42 Å². The predicted octanol–water partition coefficient (Wildman–Crippen LogP) is 10.7. The highest BCUT2D eigenvalue weighted by Gasteiger charge is 2.43. The highest BCUT2D eigenvalue weighted by Crippen LogP contribution is 2.56. The van der Waals surface area contributed by atoms with Gasteiger partial charge in [0.15, 0.2) is 0 Å². The van der Waals surface area contributed by atoms with Crippen molar-refractivity contribution >= 4 is 78.8 Å². The molecule has 0 radical (unpaired) electrons. The van der Waals surface area contributed by atoms with E-state index in [1.54, 1.807) is 0 Å². The van der Waals surface area contributed by atoms with Gasteiger partial charge in [-0.05, 0) is 115 Å². The first-order chi connectivity index (χ1) is 23.9. The van der Waals surface area contributed by atoms with Crippen LogP contribution in [0.4, 0.5) is 34.1 Å². The molecule has 0 atom stereocenters. The van der Waals surface area contributed by atoms with Gasteiger partial charge in [0.25, 0.3) is 0 Å². The van der Waals surface area contributed by atoms with E-state index in [4.69, 9.17) is 0 Å². The monoisotopic (exact) mass is 632 g/mol. The minimum absolute atomic E-state index is 0.0897. The van der Waals surface area contributed by atoms with Gasteiger partial charge >= 0.3 is 0 Å². The van der Waals surface area contributed by atoms with Crippen LogP contribution in [0.1, 0.15) is 47.6 Å². The molecule has 0 unspecified atom stereocenters. The lowest BCUT2D eigenvalue weighted by atomic mass is 9.33. The summed E-state index contributed by atoms with van der Waals surface area (Å²) in [5, 5.41) is 5.10. The Morgan fingerprint density at radius 3 is 1.86 bits per heavy atom. The number of anilines is 6. The van der Waals surface area contributed by atoms with Gasteiger partial charge in [-0.15, -0.1) is 0 Å². The number of hydrogen-bond acceptors (Lipinski definition) is 2. The van der Waals surface area contributed by atoms with Crippen molar-refractivity contribution in [1.29, 1.82) is 0 Å². The van der Waals surface area contributed by atoms with Crippen LogP contribution < -0.4 is 26.2 Å². The quantitative estimate of drug-likeness (QED) is 0.174. The largest absolute Gasteiger partial charge is 0.307 e. The van der Waals surface area contributed by atoms with Crippen molar-refractivity contribution in [1.82, 2.24) is 0 Å². The Hall–Kier alpha value is -5.28. The average Bonchev–Trinajstić information content (AvgIpc) is 3.10. The first-order valence-corrected chi connectivity index (χ1v) is 17.9. The summed E-state index contributed by atoms with van der Waals surface area (Å²) in [5.41, 5.74) is 18.3. The zero-order valence-electron chi connectivity index (χ0n) is 29.1. The highest BCUT2D eigenvalue weighted by atomic mass is 15.3. The van der Waals surface area contributed by atoms with Gasteiger partial charge in [-0.3, -0.25) is 0 Å². The molecule has 0 saturated heterocycles. The van der Waals surface area contributed by atoms with E-state index in [1.807, 2.05) is 0 Å². The number of hydrogen-bond donors (Lipinski definition) is 0. The minimum atomic E-state index is 0.0897. The van der Waals surface area contributed by atoms with Gasteiger partial charge in [0.2, 0.25) is 6.71 Å². The first kappa shape index (κ1) is 29.8. The van der Waals surface area contributed by atoms with E-state index in [-0.39, 0.29) is 6.71 Å². The molecule has 7 aromatic carbocycles. The van der Waals surface area contributed by atoms with Crippen LogP contribution in [0.15, 0.2) is 121 Å². The summed E-state index contributed by atoms with van der Waals surface area (Å²) in [5.74, 6) is 0. The number of fused-ring (bicyclic) bond motifs is 7. The van der Waals surface area contributed by atoms with Crippen molar-refractivity contribution in [2.24, 2.45) is 0 Å².